The highest BCUT2D eigenvalue weighted by Crippen LogP contribution is 2.29. The zero-order valence-electron chi connectivity index (χ0n) is 17.9. The minimum atomic E-state index is 0.170. The molecule has 3 heterocycles. The highest BCUT2D eigenvalue weighted by Gasteiger charge is 2.26. The number of aromatic nitrogens is 4. The van der Waals surface area contributed by atoms with Crippen molar-refractivity contribution in [2.24, 2.45) is 0 Å². The molecule has 2 aromatic heterocycles. The van der Waals surface area contributed by atoms with Crippen LogP contribution in [0.25, 0.3) is 17.1 Å². The standard InChI is InChI=1S/C23H27N5O2S/c1-3-18-8-4-5-14-27(18)21(29)16-31-23-26-25-22(17-7-6-13-24-15-17)28(23)19-9-11-20(30-2)12-10-19/h6-7,9-13,15,18H,3-5,8,14,16H2,1-2H3/t18-/m0/s1. The Kier molecular flexibility index (Phi) is 6.86. The second-order valence-corrected chi connectivity index (χ2v) is 8.46. The highest BCUT2D eigenvalue weighted by atomic mass is 32.2. The molecule has 1 aliphatic heterocycles. The number of benzene rings is 1. The van der Waals surface area contributed by atoms with E-state index in [1.54, 1.807) is 19.5 Å². The van der Waals surface area contributed by atoms with Gasteiger partial charge in [0.25, 0.3) is 0 Å². The highest BCUT2D eigenvalue weighted by molar-refractivity contribution is 7.99. The minimum Gasteiger partial charge on any atom is -0.497 e. The third-order valence-corrected chi connectivity index (χ3v) is 6.54. The van der Waals surface area contributed by atoms with Gasteiger partial charge < -0.3 is 9.64 Å². The summed E-state index contributed by atoms with van der Waals surface area (Å²) in [6.45, 7) is 3.01. The lowest BCUT2D eigenvalue weighted by atomic mass is 10.0. The van der Waals surface area contributed by atoms with Gasteiger partial charge in [0.05, 0.1) is 12.9 Å². The van der Waals surface area contributed by atoms with E-state index in [4.69, 9.17) is 4.74 Å². The maximum absolute atomic E-state index is 13.0. The second-order valence-electron chi connectivity index (χ2n) is 7.51. The van der Waals surface area contributed by atoms with Gasteiger partial charge >= 0.3 is 0 Å². The van der Waals surface area contributed by atoms with Crippen LogP contribution < -0.4 is 4.74 Å². The van der Waals surface area contributed by atoms with Crippen molar-refractivity contribution in [2.75, 3.05) is 19.4 Å². The summed E-state index contributed by atoms with van der Waals surface area (Å²) in [7, 11) is 1.64. The molecule has 0 radical (unpaired) electrons. The summed E-state index contributed by atoms with van der Waals surface area (Å²) in [4.78, 5) is 19.2. The maximum atomic E-state index is 13.0. The molecule has 1 saturated heterocycles. The zero-order chi connectivity index (χ0) is 21.6. The van der Waals surface area contributed by atoms with Gasteiger partial charge in [-0.05, 0) is 62.1 Å². The normalized spacial score (nSPS) is 16.3. The van der Waals surface area contributed by atoms with Crippen LogP contribution in [0.3, 0.4) is 0 Å². The van der Waals surface area contributed by atoms with Gasteiger partial charge in [0.15, 0.2) is 11.0 Å². The summed E-state index contributed by atoms with van der Waals surface area (Å²) in [5.41, 5.74) is 1.77. The summed E-state index contributed by atoms with van der Waals surface area (Å²) in [6, 6.07) is 11.9. The van der Waals surface area contributed by atoms with Crippen LogP contribution in [-0.4, -0.2) is 56.0 Å². The van der Waals surface area contributed by atoms with Crippen LogP contribution in [0.2, 0.25) is 0 Å². The number of nitrogens with zero attached hydrogens (tertiary/aromatic N) is 5. The van der Waals surface area contributed by atoms with E-state index in [2.05, 4.69) is 22.1 Å². The first-order chi connectivity index (χ1) is 15.2. The molecule has 162 valence electrons. The fourth-order valence-electron chi connectivity index (χ4n) is 3.97. The van der Waals surface area contributed by atoms with E-state index < -0.39 is 0 Å². The number of methoxy groups -OCH3 is 1. The molecule has 3 aromatic rings. The van der Waals surface area contributed by atoms with E-state index in [-0.39, 0.29) is 5.91 Å². The van der Waals surface area contributed by atoms with Crippen molar-refractivity contribution in [2.45, 2.75) is 43.8 Å². The van der Waals surface area contributed by atoms with Crippen LogP contribution in [0, 0.1) is 0 Å². The summed E-state index contributed by atoms with van der Waals surface area (Å²) in [5, 5.41) is 9.52. The Hall–Kier alpha value is -2.87. The van der Waals surface area contributed by atoms with Gasteiger partial charge in [0.1, 0.15) is 5.75 Å². The predicted molar refractivity (Wildman–Crippen MR) is 122 cm³/mol. The number of piperidine rings is 1. The quantitative estimate of drug-likeness (QED) is 0.515. The van der Waals surface area contributed by atoms with E-state index in [0.717, 1.165) is 42.8 Å². The predicted octanol–water partition coefficient (Wildman–Crippen LogP) is 4.22. The SMILES string of the molecule is CC[C@H]1CCCCN1C(=O)CSc1nnc(-c2cccnc2)n1-c1ccc(OC)cc1. The summed E-state index contributed by atoms with van der Waals surface area (Å²) in [5.74, 6) is 1.99. The van der Waals surface area contributed by atoms with Crippen LogP contribution in [0.1, 0.15) is 32.6 Å². The molecule has 1 amide bonds. The third-order valence-electron chi connectivity index (χ3n) is 5.63. The molecule has 0 aliphatic carbocycles. The molecule has 0 spiro atoms. The van der Waals surface area contributed by atoms with Crippen LogP contribution in [0.5, 0.6) is 5.75 Å². The molecule has 8 heteroatoms. The Morgan fingerprint density at radius 3 is 2.74 bits per heavy atom. The van der Waals surface area contributed by atoms with E-state index in [1.165, 1.54) is 18.2 Å². The average Bonchev–Trinajstić information content (AvgIpc) is 3.27. The van der Waals surface area contributed by atoms with Crippen molar-refractivity contribution in [1.82, 2.24) is 24.6 Å². The number of thioether (sulfide) groups is 1. The number of carbonyl (C=O) groups excluding carboxylic acids is 1. The molecule has 1 aliphatic rings. The van der Waals surface area contributed by atoms with Gasteiger partial charge in [0.2, 0.25) is 5.91 Å². The van der Waals surface area contributed by atoms with Crippen LogP contribution >= 0.6 is 11.8 Å². The van der Waals surface area contributed by atoms with Crippen molar-refractivity contribution in [1.29, 1.82) is 0 Å². The number of hydrogen-bond acceptors (Lipinski definition) is 6. The molecule has 0 saturated carbocycles. The second kappa shape index (κ2) is 9.96. The molecule has 31 heavy (non-hydrogen) atoms. The smallest absolute Gasteiger partial charge is 0.233 e. The zero-order valence-corrected chi connectivity index (χ0v) is 18.7. The number of hydrogen-bond donors (Lipinski definition) is 0. The summed E-state index contributed by atoms with van der Waals surface area (Å²) >= 11 is 1.43. The topological polar surface area (TPSA) is 73.1 Å². The number of ether oxygens (including phenoxy) is 1. The van der Waals surface area contributed by atoms with Gasteiger partial charge in [-0.2, -0.15) is 0 Å². The summed E-state index contributed by atoms with van der Waals surface area (Å²) < 4.78 is 7.27. The molecule has 0 unspecified atom stereocenters. The molecular formula is C23H27N5O2S. The third kappa shape index (κ3) is 4.74. The number of rotatable bonds is 7. The van der Waals surface area contributed by atoms with E-state index >= 15 is 0 Å². The molecule has 4 rings (SSSR count). The maximum Gasteiger partial charge on any atom is 0.233 e. The van der Waals surface area contributed by atoms with Gasteiger partial charge in [-0.1, -0.05) is 18.7 Å². The first-order valence-corrected chi connectivity index (χ1v) is 11.6. The van der Waals surface area contributed by atoms with Crippen molar-refractivity contribution in [3.05, 3.63) is 48.8 Å². The largest absolute Gasteiger partial charge is 0.497 e. The Bertz CT molecular complexity index is 1010. The lowest BCUT2D eigenvalue weighted by molar-refractivity contribution is -0.132. The van der Waals surface area contributed by atoms with Gasteiger partial charge in [0, 0.05) is 36.2 Å². The number of pyridine rings is 1. The number of carbonyl (C=O) groups is 1. The van der Waals surface area contributed by atoms with Gasteiger partial charge in [-0.3, -0.25) is 14.3 Å². The van der Waals surface area contributed by atoms with Crippen LogP contribution in [-0.2, 0) is 4.79 Å². The summed E-state index contributed by atoms with van der Waals surface area (Å²) in [6.07, 6.45) is 7.89. The Balaban J connectivity index is 1.61. The Labute approximate surface area is 186 Å². The monoisotopic (exact) mass is 437 g/mol. The minimum absolute atomic E-state index is 0.170. The van der Waals surface area contributed by atoms with Crippen LogP contribution in [0.15, 0.2) is 53.9 Å². The van der Waals surface area contributed by atoms with Crippen molar-refractivity contribution >= 4 is 17.7 Å². The van der Waals surface area contributed by atoms with Gasteiger partial charge in [-0.15, -0.1) is 10.2 Å². The fraction of sp³-hybridized carbons (Fsp3) is 0.391. The molecule has 0 bridgehead atoms. The van der Waals surface area contributed by atoms with E-state index in [9.17, 15) is 4.79 Å². The molecular weight excluding hydrogens is 410 g/mol. The lowest BCUT2D eigenvalue weighted by Crippen LogP contribution is -2.44. The van der Waals surface area contributed by atoms with Crippen molar-refractivity contribution < 1.29 is 9.53 Å². The average molecular weight is 438 g/mol. The first-order valence-electron chi connectivity index (χ1n) is 10.6. The fourth-order valence-corrected chi connectivity index (χ4v) is 4.81. The van der Waals surface area contributed by atoms with Gasteiger partial charge in [-0.25, -0.2) is 0 Å². The molecule has 1 aromatic carbocycles. The Morgan fingerprint density at radius 2 is 2.03 bits per heavy atom. The number of likely N-dealkylation sites (tertiary alicyclic amines) is 1. The van der Waals surface area contributed by atoms with Crippen molar-refractivity contribution in [3.8, 4) is 22.8 Å². The molecule has 1 atom stereocenters. The van der Waals surface area contributed by atoms with Crippen LogP contribution in [0.4, 0.5) is 0 Å². The number of amides is 1. The first kappa shape index (κ1) is 21.4. The molecule has 1 fully saturated rings. The van der Waals surface area contributed by atoms with E-state index in [1.807, 2.05) is 45.9 Å². The van der Waals surface area contributed by atoms with Crippen molar-refractivity contribution in [3.63, 3.8) is 0 Å². The van der Waals surface area contributed by atoms with E-state index in [0.29, 0.717) is 22.8 Å². The molecule has 0 N–H and O–H groups in total. The molecule has 7 nitrogen and oxygen atoms in total. The lowest BCUT2D eigenvalue weighted by Gasteiger charge is -2.35. The Morgan fingerprint density at radius 1 is 1.19 bits per heavy atom.